The first-order chi connectivity index (χ1) is 12.8. The predicted octanol–water partition coefficient (Wildman–Crippen LogP) is 4.53. The second-order valence-corrected chi connectivity index (χ2v) is 7.66. The molecule has 1 aliphatic rings. The number of hydrogen-bond donors (Lipinski definition) is 1. The first-order valence-corrected chi connectivity index (χ1v) is 9.49. The van der Waals surface area contributed by atoms with E-state index in [0.717, 1.165) is 45.3 Å². The van der Waals surface area contributed by atoms with Gasteiger partial charge in [0.05, 0.1) is 21.8 Å². The lowest BCUT2D eigenvalue weighted by molar-refractivity contribution is 0.0601. The third-order valence-corrected chi connectivity index (χ3v) is 5.96. The van der Waals surface area contributed by atoms with Crippen LogP contribution in [-0.2, 0) is 0 Å². The number of aromatic nitrogens is 2. The molecule has 5 rings (SSSR count). The van der Waals surface area contributed by atoms with Crippen LogP contribution in [0.1, 0.15) is 21.4 Å². The highest BCUT2D eigenvalue weighted by Crippen LogP contribution is 2.32. The van der Waals surface area contributed by atoms with Gasteiger partial charge in [0.15, 0.2) is 0 Å². The quantitative estimate of drug-likeness (QED) is 0.584. The average Bonchev–Trinajstić information content (AvgIpc) is 3.28. The Bertz CT molecular complexity index is 1040. The van der Waals surface area contributed by atoms with Crippen LogP contribution in [0.5, 0.6) is 0 Å². The van der Waals surface area contributed by atoms with Gasteiger partial charge in [-0.05, 0) is 29.8 Å². The monoisotopic (exact) mass is 359 g/mol. The van der Waals surface area contributed by atoms with Crippen LogP contribution in [0.25, 0.3) is 21.5 Å². The smallest absolute Gasteiger partial charge is 0.263 e. The van der Waals surface area contributed by atoms with Crippen molar-refractivity contribution < 1.29 is 4.79 Å². The lowest BCUT2D eigenvalue weighted by Gasteiger charge is -2.37. The summed E-state index contributed by atoms with van der Waals surface area (Å²) in [6.07, 6.45) is 0. The molecule has 2 aromatic heterocycles. The number of hydrogen-bond acceptors (Lipinski definition) is 3. The summed E-state index contributed by atoms with van der Waals surface area (Å²) in [5, 5.41) is 0. The molecule has 4 aromatic rings. The first-order valence-electron chi connectivity index (χ1n) is 8.67. The molecular weight excluding hydrogens is 342 g/mol. The van der Waals surface area contributed by atoms with Crippen molar-refractivity contribution in [3.63, 3.8) is 0 Å². The first kappa shape index (κ1) is 15.3. The summed E-state index contributed by atoms with van der Waals surface area (Å²) in [4.78, 5) is 24.6. The number of thiophene rings is 1. The zero-order valence-electron chi connectivity index (χ0n) is 14.1. The average molecular weight is 359 g/mol. The van der Waals surface area contributed by atoms with Crippen LogP contribution in [0.2, 0.25) is 0 Å². The maximum absolute atomic E-state index is 12.7. The van der Waals surface area contributed by atoms with Gasteiger partial charge in [0.1, 0.15) is 5.82 Å². The molecule has 0 radical (unpaired) electrons. The maximum Gasteiger partial charge on any atom is 0.263 e. The number of rotatable bonds is 3. The maximum atomic E-state index is 12.7. The van der Waals surface area contributed by atoms with Crippen LogP contribution in [0.3, 0.4) is 0 Å². The third kappa shape index (κ3) is 2.61. The standard InChI is InChI=1S/C21H17N3OS/c25-21(19-11-10-18(26-19)14-6-2-1-3-7-14)24-12-15(13-24)20-22-16-8-4-5-9-17(16)23-20/h1-11,15H,12-13H2,(H,22,23). The summed E-state index contributed by atoms with van der Waals surface area (Å²) in [5.41, 5.74) is 3.19. The van der Waals surface area contributed by atoms with E-state index < -0.39 is 0 Å². The number of nitrogens with zero attached hydrogens (tertiary/aromatic N) is 2. The Balaban J connectivity index is 1.29. The number of imidazole rings is 1. The van der Waals surface area contributed by atoms with E-state index in [1.54, 1.807) is 11.3 Å². The van der Waals surface area contributed by atoms with E-state index in [4.69, 9.17) is 0 Å². The van der Waals surface area contributed by atoms with Crippen LogP contribution in [0.15, 0.2) is 66.7 Å². The van der Waals surface area contributed by atoms with Gasteiger partial charge < -0.3 is 9.88 Å². The van der Waals surface area contributed by atoms with Gasteiger partial charge in [-0.15, -0.1) is 11.3 Å². The van der Waals surface area contributed by atoms with E-state index in [9.17, 15) is 4.79 Å². The summed E-state index contributed by atoms with van der Waals surface area (Å²) in [6.45, 7) is 1.44. The molecule has 2 aromatic carbocycles. The minimum Gasteiger partial charge on any atom is -0.342 e. The number of fused-ring (bicyclic) bond motifs is 1. The zero-order chi connectivity index (χ0) is 17.5. The highest BCUT2D eigenvalue weighted by Gasteiger charge is 2.34. The Morgan fingerprint density at radius 3 is 2.58 bits per heavy atom. The second kappa shape index (κ2) is 6.11. The van der Waals surface area contributed by atoms with Gasteiger partial charge in [-0.1, -0.05) is 42.5 Å². The molecule has 0 spiro atoms. The molecule has 1 N–H and O–H groups in total. The molecular formula is C21H17N3OS. The number of carbonyl (C=O) groups excluding carboxylic acids is 1. The molecule has 4 nitrogen and oxygen atoms in total. The van der Waals surface area contributed by atoms with Crippen LogP contribution in [-0.4, -0.2) is 33.9 Å². The van der Waals surface area contributed by atoms with Crippen LogP contribution in [0.4, 0.5) is 0 Å². The molecule has 0 aliphatic carbocycles. The minimum atomic E-state index is 0.115. The van der Waals surface area contributed by atoms with Crippen molar-refractivity contribution in [3.8, 4) is 10.4 Å². The Labute approximate surface area is 155 Å². The number of carbonyl (C=O) groups is 1. The van der Waals surface area contributed by atoms with Crippen molar-refractivity contribution >= 4 is 28.3 Å². The SMILES string of the molecule is O=C(c1ccc(-c2ccccc2)s1)N1CC(c2nc3ccccc3[nH]2)C1. The van der Waals surface area contributed by atoms with Gasteiger partial charge >= 0.3 is 0 Å². The van der Waals surface area contributed by atoms with Crippen LogP contribution >= 0.6 is 11.3 Å². The number of nitrogens with one attached hydrogen (secondary N) is 1. The topological polar surface area (TPSA) is 49.0 Å². The summed E-state index contributed by atoms with van der Waals surface area (Å²) in [5.74, 6) is 1.39. The molecule has 3 heterocycles. The van der Waals surface area contributed by atoms with E-state index in [1.165, 1.54) is 0 Å². The Hall–Kier alpha value is -2.92. The molecule has 0 atom stereocenters. The number of likely N-dealkylation sites (tertiary alicyclic amines) is 1. The predicted molar refractivity (Wildman–Crippen MR) is 104 cm³/mol. The van der Waals surface area contributed by atoms with Crippen molar-refractivity contribution in [2.45, 2.75) is 5.92 Å². The van der Waals surface area contributed by atoms with Gasteiger partial charge in [-0.3, -0.25) is 4.79 Å². The fourth-order valence-electron chi connectivity index (χ4n) is 3.35. The Kier molecular flexibility index (Phi) is 3.60. The van der Waals surface area contributed by atoms with Gasteiger partial charge in [0.2, 0.25) is 0 Å². The number of H-pyrrole nitrogens is 1. The molecule has 1 aliphatic heterocycles. The molecule has 0 saturated carbocycles. The summed E-state index contributed by atoms with van der Waals surface area (Å²) < 4.78 is 0. The van der Waals surface area contributed by atoms with E-state index in [-0.39, 0.29) is 5.91 Å². The molecule has 128 valence electrons. The van der Waals surface area contributed by atoms with Crippen molar-refractivity contribution in [1.82, 2.24) is 14.9 Å². The molecule has 26 heavy (non-hydrogen) atoms. The molecule has 5 heteroatoms. The van der Waals surface area contributed by atoms with E-state index in [0.29, 0.717) is 5.92 Å². The van der Waals surface area contributed by atoms with E-state index in [1.807, 2.05) is 59.5 Å². The fourth-order valence-corrected chi connectivity index (χ4v) is 4.33. The van der Waals surface area contributed by atoms with Crippen LogP contribution in [0, 0.1) is 0 Å². The van der Waals surface area contributed by atoms with E-state index in [2.05, 4.69) is 22.1 Å². The Morgan fingerprint density at radius 1 is 1.00 bits per heavy atom. The molecule has 0 unspecified atom stereocenters. The normalized spacial score (nSPS) is 14.5. The van der Waals surface area contributed by atoms with Crippen LogP contribution < -0.4 is 0 Å². The van der Waals surface area contributed by atoms with Gasteiger partial charge in [-0.2, -0.15) is 0 Å². The summed E-state index contributed by atoms with van der Waals surface area (Å²) >= 11 is 1.56. The van der Waals surface area contributed by atoms with Gasteiger partial charge in [0, 0.05) is 18.0 Å². The molecule has 0 bridgehead atoms. The number of para-hydroxylation sites is 2. The third-order valence-electron chi connectivity index (χ3n) is 4.84. The largest absolute Gasteiger partial charge is 0.342 e. The number of aromatic amines is 1. The second-order valence-electron chi connectivity index (χ2n) is 6.58. The lowest BCUT2D eigenvalue weighted by Crippen LogP contribution is -2.48. The van der Waals surface area contributed by atoms with Gasteiger partial charge in [0.25, 0.3) is 5.91 Å². The van der Waals surface area contributed by atoms with Crippen molar-refractivity contribution in [3.05, 3.63) is 77.4 Å². The summed E-state index contributed by atoms with van der Waals surface area (Å²) in [7, 11) is 0. The van der Waals surface area contributed by atoms with Gasteiger partial charge in [-0.25, -0.2) is 4.98 Å². The van der Waals surface area contributed by atoms with Crippen molar-refractivity contribution in [1.29, 1.82) is 0 Å². The number of amides is 1. The minimum absolute atomic E-state index is 0.115. The molecule has 1 fully saturated rings. The van der Waals surface area contributed by atoms with Crippen molar-refractivity contribution in [2.24, 2.45) is 0 Å². The summed E-state index contributed by atoms with van der Waals surface area (Å²) in [6, 6.07) is 22.2. The van der Waals surface area contributed by atoms with E-state index >= 15 is 0 Å². The molecule has 1 amide bonds. The molecule has 1 saturated heterocycles. The lowest BCUT2D eigenvalue weighted by atomic mass is 9.99. The Morgan fingerprint density at radius 2 is 1.77 bits per heavy atom. The zero-order valence-corrected chi connectivity index (χ0v) is 14.9. The van der Waals surface area contributed by atoms with Crippen molar-refractivity contribution in [2.75, 3.05) is 13.1 Å². The fraction of sp³-hybridized carbons (Fsp3) is 0.143. The number of benzene rings is 2. The highest BCUT2D eigenvalue weighted by atomic mass is 32.1. The highest BCUT2D eigenvalue weighted by molar-refractivity contribution is 7.17.